The molecule has 0 saturated carbocycles. The van der Waals surface area contributed by atoms with E-state index in [0.717, 1.165) is 12.1 Å². The van der Waals surface area contributed by atoms with Crippen molar-refractivity contribution in [3.63, 3.8) is 0 Å². The molecule has 0 aliphatic rings. The normalized spacial score (nSPS) is 13.1. The van der Waals surface area contributed by atoms with Gasteiger partial charge < -0.3 is 15.9 Å². The first-order chi connectivity index (χ1) is 11.3. The third-order valence-corrected chi connectivity index (χ3v) is 3.96. The molecule has 0 heterocycles. The lowest BCUT2D eigenvalue weighted by atomic mass is 9.72. The molecule has 0 aliphatic carbocycles. The number of phenols is 2. The minimum atomic E-state index is -5.81. The number of hydrogen-bond acceptors (Lipinski definition) is 3. The fraction of sp³-hybridized carbons (Fsp3) is 0.250. The molecule has 25 heavy (non-hydrogen) atoms. The van der Waals surface area contributed by atoms with Crippen LogP contribution in [0.25, 0.3) is 0 Å². The van der Waals surface area contributed by atoms with Gasteiger partial charge in [0.15, 0.2) is 0 Å². The summed E-state index contributed by atoms with van der Waals surface area (Å²) >= 11 is 0. The van der Waals surface area contributed by atoms with Crippen LogP contribution in [0, 0.1) is 6.92 Å². The van der Waals surface area contributed by atoms with E-state index in [1.165, 1.54) is 6.92 Å². The molecule has 2 rings (SSSR count). The first kappa shape index (κ1) is 18.8. The van der Waals surface area contributed by atoms with Gasteiger partial charge in [0.2, 0.25) is 5.41 Å². The van der Waals surface area contributed by atoms with Crippen molar-refractivity contribution >= 4 is 5.69 Å². The lowest BCUT2D eigenvalue weighted by Gasteiger charge is -2.38. The second-order valence-electron chi connectivity index (χ2n) is 5.52. The second-order valence-corrected chi connectivity index (χ2v) is 5.52. The SMILES string of the molecule is Cc1ccc(C(c2ccc(N)c(O)c2)(C(F)(F)F)C(F)(F)F)cc1O. The molecule has 0 unspecified atom stereocenters. The van der Waals surface area contributed by atoms with Crippen LogP contribution in [0.1, 0.15) is 16.7 Å². The highest BCUT2D eigenvalue weighted by atomic mass is 19.4. The Morgan fingerprint density at radius 3 is 1.60 bits per heavy atom. The Morgan fingerprint density at radius 1 is 0.760 bits per heavy atom. The van der Waals surface area contributed by atoms with E-state index in [-0.39, 0.29) is 11.3 Å². The molecule has 0 bridgehead atoms. The number of benzene rings is 2. The van der Waals surface area contributed by atoms with Crippen LogP contribution in [0.5, 0.6) is 11.5 Å². The topological polar surface area (TPSA) is 66.5 Å². The number of rotatable bonds is 2. The van der Waals surface area contributed by atoms with E-state index >= 15 is 0 Å². The van der Waals surface area contributed by atoms with Crippen LogP contribution in [-0.2, 0) is 5.41 Å². The summed E-state index contributed by atoms with van der Waals surface area (Å²) in [6.45, 7) is 1.33. The molecule has 2 aromatic rings. The van der Waals surface area contributed by atoms with Crippen LogP contribution in [0.15, 0.2) is 36.4 Å². The van der Waals surface area contributed by atoms with Gasteiger partial charge in [0, 0.05) is 0 Å². The quantitative estimate of drug-likeness (QED) is 0.420. The van der Waals surface area contributed by atoms with Crippen molar-refractivity contribution in [3.8, 4) is 11.5 Å². The Bertz CT molecular complexity index is 731. The summed E-state index contributed by atoms with van der Waals surface area (Å²) in [5, 5.41) is 19.2. The summed E-state index contributed by atoms with van der Waals surface area (Å²) < 4.78 is 82.8. The van der Waals surface area contributed by atoms with Crippen molar-refractivity contribution < 1.29 is 36.6 Å². The molecule has 2 aromatic carbocycles. The molecule has 0 aromatic heterocycles. The highest BCUT2D eigenvalue weighted by Crippen LogP contribution is 2.57. The maximum atomic E-state index is 13.8. The molecule has 0 atom stereocenters. The van der Waals surface area contributed by atoms with Gasteiger partial charge in [-0.25, -0.2) is 0 Å². The molecular formula is C16H13F6NO2. The smallest absolute Gasteiger partial charge is 0.411 e. The summed E-state index contributed by atoms with van der Waals surface area (Å²) in [6, 6.07) is 3.65. The number of aromatic hydroxyl groups is 2. The van der Waals surface area contributed by atoms with Crippen molar-refractivity contribution in [1.82, 2.24) is 0 Å². The summed E-state index contributed by atoms with van der Waals surface area (Å²) in [7, 11) is 0. The van der Waals surface area contributed by atoms with Crippen molar-refractivity contribution in [2.24, 2.45) is 0 Å². The van der Waals surface area contributed by atoms with Crippen molar-refractivity contribution in [3.05, 3.63) is 53.1 Å². The number of aryl methyl sites for hydroxylation is 1. The van der Waals surface area contributed by atoms with Gasteiger partial charge in [-0.05, 0) is 41.8 Å². The third-order valence-electron chi connectivity index (χ3n) is 3.96. The average molecular weight is 365 g/mol. The van der Waals surface area contributed by atoms with Gasteiger partial charge in [0.05, 0.1) is 5.69 Å². The number of alkyl halides is 6. The fourth-order valence-electron chi connectivity index (χ4n) is 2.60. The molecule has 0 aliphatic heterocycles. The first-order valence-electron chi connectivity index (χ1n) is 6.85. The van der Waals surface area contributed by atoms with Gasteiger partial charge in [-0.15, -0.1) is 0 Å². The summed E-state index contributed by atoms with van der Waals surface area (Å²) in [4.78, 5) is 0. The Labute approximate surface area is 138 Å². The van der Waals surface area contributed by atoms with Gasteiger partial charge >= 0.3 is 12.4 Å². The molecular weight excluding hydrogens is 352 g/mol. The number of anilines is 1. The maximum absolute atomic E-state index is 13.8. The van der Waals surface area contributed by atoms with Crippen molar-refractivity contribution in [1.29, 1.82) is 0 Å². The van der Waals surface area contributed by atoms with E-state index in [0.29, 0.717) is 24.3 Å². The van der Waals surface area contributed by atoms with Crippen LogP contribution >= 0.6 is 0 Å². The van der Waals surface area contributed by atoms with Gasteiger partial charge in [-0.2, -0.15) is 26.3 Å². The third kappa shape index (κ3) is 2.83. The standard InChI is InChI=1S/C16H13F6NO2/c1-8-2-3-9(6-12(8)24)14(15(17,18)19,16(20,21)22)10-4-5-11(23)13(25)7-10/h2-7,24-25H,23H2,1H3. The van der Waals surface area contributed by atoms with E-state index in [1.54, 1.807) is 0 Å². The number of phenolic OH excluding ortho intramolecular Hbond substituents is 2. The molecule has 0 fully saturated rings. The number of nitrogens with two attached hydrogens (primary N) is 1. The minimum absolute atomic E-state index is 0.113. The predicted molar refractivity (Wildman–Crippen MR) is 78.3 cm³/mol. The molecule has 0 saturated heterocycles. The van der Waals surface area contributed by atoms with Crippen LogP contribution in [-0.4, -0.2) is 22.6 Å². The summed E-state index contributed by atoms with van der Waals surface area (Å²) in [5.74, 6) is -1.62. The van der Waals surface area contributed by atoms with E-state index in [2.05, 4.69) is 0 Å². The monoisotopic (exact) mass is 365 g/mol. The fourth-order valence-corrected chi connectivity index (χ4v) is 2.60. The van der Waals surface area contributed by atoms with Gasteiger partial charge in [0.1, 0.15) is 11.5 Å². The summed E-state index contributed by atoms with van der Waals surface area (Å²) in [6.07, 6.45) is -11.6. The number of nitrogen functional groups attached to an aromatic ring is 1. The Balaban J connectivity index is 2.96. The van der Waals surface area contributed by atoms with Gasteiger partial charge in [0.25, 0.3) is 0 Å². The van der Waals surface area contributed by atoms with Gasteiger partial charge in [-0.1, -0.05) is 18.2 Å². The molecule has 4 N–H and O–H groups in total. The zero-order chi connectivity index (χ0) is 19.2. The lowest BCUT2D eigenvalue weighted by molar-refractivity contribution is -0.288. The Morgan fingerprint density at radius 2 is 1.20 bits per heavy atom. The molecule has 0 spiro atoms. The van der Waals surface area contributed by atoms with E-state index in [4.69, 9.17) is 5.73 Å². The van der Waals surface area contributed by atoms with Gasteiger partial charge in [-0.3, -0.25) is 0 Å². The highest BCUT2D eigenvalue weighted by Gasteiger charge is 2.72. The Kier molecular flexibility index (Phi) is 4.31. The minimum Gasteiger partial charge on any atom is -0.508 e. The lowest BCUT2D eigenvalue weighted by Crippen LogP contribution is -2.54. The number of hydrogen-bond donors (Lipinski definition) is 3. The molecule has 9 heteroatoms. The van der Waals surface area contributed by atoms with E-state index in [1.807, 2.05) is 0 Å². The van der Waals surface area contributed by atoms with Crippen LogP contribution in [0.3, 0.4) is 0 Å². The summed E-state index contributed by atoms with van der Waals surface area (Å²) in [5.41, 5.74) is -1.91. The second kappa shape index (κ2) is 5.75. The van der Waals surface area contributed by atoms with Crippen LogP contribution < -0.4 is 5.73 Å². The van der Waals surface area contributed by atoms with E-state index in [9.17, 15) is 36.6 Å². The highest BCUT2D eigenvalue weighted by molar-refractivity contribution is 5.57. The predicted octanol–water partition coefficient (Wildman–Crippen LogP) is 4.40. The molecule has 3 nitrogen and oxygen atoms in total. The largest absolute Gasteiger partial charge is 0.508 e. The zero-order valence-electron chi connectivity index (χ0n) is 12.7. The molecule has 0 amide bonds. The van der Waals surface area contributed by atoms with E-state index < -0.39 is 40.4 Å². The average Bonchev–Trinajstić information content (AvgIpc) is 2.44. The Hall–Kier alpha value is -2.58. The number of halogens is 6. The first-order valence-corrected chi connectivity index (χ1v) is 6.85. The van der Waals surface area contributed by atoms with Crippen LogP contribution in [0.4, 0.5) is 32.0 Å². The molecule has 0 radical (unpaired) electrons. The van der Waals surface area contributed by atoms with Crippen LogP contribution in [0.2, 0.25) is 0 Å². The zero-order valence-corrected chi connectivity index (χ0v) is 12.7. The molecule has 136 valence electrons. The van der Waals surface area contributed by atoms with Crippen molar-refractivity contribution in [2.75, 3.05) is 5.73 Å². The van der Waals surface area contributed by atoms with Crippen molar-refractivity contribution in [2.45, 2.75) is 24.7 Å². The maximum Gasteiger partial charge on any atom is 0.411 e.